The number of hydrogen-bond acceptors (Lipinski definition) is 3. The van der Waals surface area contributed by atoms with Crippen molar-refractivity contribution in [1.29, 1.82) is 0 Å². The molecule has 0 spiro atoms. The van der Waals surface area contributed by atoms with Gasteiger partial charge in [0.25, 0.3) is 0 Å². The van der Waals surface area contributed by atoms with Crippen molar-refractivity contribution in [1.82, 2.24) is 5.32 Å². The van der Waals surface area contributed by atoms with Crippen LogP contribution in [0.1, 0.15) is 26.3 Å². The van der Waals surface area contributed by atoms with E-state index in [0.717, 1.165) is 29.1 Å². The molecule has 0 atom stereocenters. The predicted octanol–water partition coefficient (Wildman–Crippen LogP) is 4.02. The highest BCUT2D eigenvalue weighted by Crippen LogP contribution is 2.36. The quantitative estimate of drug-likeness (QED) is 0.804. The fourth-order valence-corrected chi connectivity index (χ4v) is 2.34. The molecule has 5 heteroatoms. The van der Waals surface area contributed by atoms with Crippen LogP contribution in [-0.4, -0.2) is 20.3 Å². The second kappa shape index (κ2) is 9.45. The molecule has 1 aromatic rings. The van der Waals surface area contributed by atoms with Crippen molar-refractivity contribution < 1.29 is 9.47 Å². The molecule has 1 aromatic carbocycles. The Balaban J connectivity index is 0.00000324. The van der Waals surface area contributed by atoms with Crippen LogP contribution < -0.4 is 14.8 Å². The summed E-state index contributed by atoms with van der Waals surface area (Å²) in [7, 11) is 1.65. The van der Waals surface area contributed by atoms with E-state index in [1.165, 1.54) is 5.56 Å². The van der Waals surface area contributed by atoms with Crippen LogP contribution in [0.15, 0.2) is 16.6 Å². The smallest absolute Gasteiger partial charge is 0.174 e. The standard InChI is InChI=1S/C14H22BrNO2.ClH/c1-5-18-13-7-11(9-16-8-10(2)3)6-12(15)14(13)17-4;/h6-7,10,16H,5,8-9H2,1-4H3;1H. The van der Waals surface area contributed by atoms with Gasteiger partial charge in [-0.1, -0.05) is 13.8 Å². The lowest BCUT2D eigenvalue weighted by Crippen LogP contribution is -2.19. The van der Waals surface area contributed by atoms with Gasteiger partial charge >= 0.3 is 0 Å². The topological polar surface area (TPSA) is 30.5 Å². The molecule has 0 saturated carbocycles. The lowest BCUT2D eigenvalue weighted by atomic mass is 10.2. The van der Waals surface area contributed by atoms with Crippen LogP contribution in [0, 0.1) is 5.92 Å². The van der Waals surface area contributed by atoms with Crippen molar-refractivity contribution in [2.24, 2.45) is 5.92 Å². The summed E-state index contributed by atoms with van der Waals surface area (Å²) in [5.74, 6) is 2.19. The van der Waals surface area contributed by atoms with E-state index in [4.69, 9.17) is 9.47 Å². The van der Waals surface area contributed by atoms with E-state index in [-0.39, 0.29) is 12.4 Å². The molecule has 0 heterocycles. The summed E-state index contributed by atoms with van der Waals surface area (Å²) in [6.45, 7) is 8.84. The van der Waals surface area contributed by atoms with Crippen molar-refractivity contribution in [3.8, 4) is 11.5 Å². The van der Waals surface area contributed by atoms with Gasteiger partial charge in [0, 0.05) is 6.54 Å². The Morgan fingerprint density at radius 2 is 2.00 bits per heavy atom. The van der Waals surface area contributed by atoms with Crippen LogP contribution in [0.5, 0.6) is 11.5 Å². The van der Waals surface area contributed by atoms with E-state index in [2.05, 4.69) is 41.2 Å². The zero-order chi connectivity index (χ0) is 13.5. The van der Waals surface area contributed by atoms with E-state index < -0.39 is 0 Å². The molecule has 1 rings (SSSR count). The highest BCUT2D eigenvalue weighted by Gasteiger charge is 2.10. The summed E-state index contributed by atoms with van der Waals surface area (Å²) in [4.78, 5) is 0. The average molecular weight is 353 g/mol. The first-order valence-corrected chi connectivity index (χ1v) is 7.07. The molecule has 0 aliphatic heterocycles. The lowest BCUT2D eigenvalue weighted by Gasteiger charge is -2.14. The highest BCUT2D eigenvalue weighted by molar-refractivity contribution is 9.10. The Hall–Kier alpha value is -0.450. The maximum absolute atomic E-state index is 5.59. The fourth-order valence-electron chi connectivity index (χ4n) is 1.69. The van der Waals surface area contributed by atoms with E-state index in [1.807, 2.05) is 13.0 Å². The first-order chi connectivity index (χ1) is 8.58. The molecular weight excluding hydrogens is 330 g/mol. The summed E-state index contributed by atoms with van der Waals surface area (Å²) in [6.07, 6.45) is 0. The zero-order valence-corrected chi connectivity index (χ0v) is 14.4. The maximum atomic E-state index is 5.59. The summed E-state index contributed by atoms with van der Waals surface area (Å²) in [5, 5.41) is 3.42. The van der Waals surface area contributed by atoms with E-state index in [9.17, 15) is 0 Å². The van der Waals surface area contributed by atoms with Crippen LogP contribution in [0.2, 0.25) is 0 Å². The van der Waals surface area contributed by atoms with E-state index in [1.54, 1.807) is 7.11 Å². The minimum absolute atomic E-state index is 0. The molecule has 0 amide bonds. The number of rotatable bonds is 7. The Morgan fingerprint density at radius 3 is 2.53 bits per heavy atom. The molecule has 0 radical (unpaired) electrons. The van der Waals surface area contributed by atoms with Crippen molar-refractivity contribution in [2.45, 2.75) is 27.3 Å². The highest BCUT2D eigenvalue weighted by atomic mass is 79.9. The van der Waals surface area contributed by atoms with Gasteiger partial charge in [-0.3, -0.25) is 0 Å². The molecule has 0 aliphatic rings. The summed E-state index contributed by atoms with van der Waals surface area (Å²) in [5.41, 5.74) is 1.19. The van der Waals surface area contributed by atoms with Gasteiger partial charge in [-0.05, 0) is 53.0 Å². The molecule has 0 bridgehead atoms. The minimum Gasteiger partial charge on any atom is -0.492 e. The zero-order valence-electron chi connectivity index (χ0n) is 12.0. The lowest BCUT2D eigenvalue weighted by molar-refractivity contribution is 0.309. The van der Waals surface area contributed by atoms with Crippen LogP contribution in [0.4, 0.5) is 0 Å². The average Bonchev–Trinajstić information content (AvgIpc) is 2.28. The molecule has 0 fully saturated rings. The van der Waals surface area contributed by atoms with Crippen molar-refractivity contribution in [2.75, 3.05) is 20.3 Å². The van der Waals surface area contributed by atoms with Gasteiger partial charge in [0.15, 0.2) is 11.5 Å². The maximum Gasteiger partial charge on any atom is 0.174 e. The Morgan fingerprint density at radius 1 is 1.32 bits per heavy atom. The third kappa shape index (κ3) is 6.02. The van der Waals surface area contributed by atoms with Crippen LogP contribution in [0.3, 0.4) is 0 Å². The molecule has 110 valence electrons. The number of benzene rings is 1. The van der Waals surface area contributed by atoms with Crippen molar-refractivity contribution >= 4 is 28.3 Å². The Kier molecular flexibility index (Phi) is 9.23. The second-order valence-electron chi connectivity index (χ2n) is 4.57. The summed E-state index contributed by atoms with van der Waals surface area (Å²) < 4.78 is 11.9. The summed E-state index contributed by atoms with van der Waals surface area (Å²) >= 11 is 3.52. The number of halogens is 2. The third-order valence-electron chi connectivity index (χ3n) is 2.45. The van der Waals surface area contributed by atoms with Gasteiger partial charge in [-0.25, -0.2) is 0 Å². The molecule has 1 N–H and O–H groups in total. The Labute approximate surface area is 130 Å². The van der Waals surface area contributed by atoms with Crippen molar-refractivity contribution in [3.63, 3.8) is 0 Å². The van der Waals surface area contributed by atoms with Crippen LogP contribution in [-0.2, 0) is 6.54 Å². The fraction of sp³-hybridized carbons (Fsp3) is 0.571. The first kappa shape index (κ1) is 18.6. The Bertz CT molecular complexity index is 386. The number of hydrogen-bond donors (Lipinski definition) is 1. The van der Waals surface area contributed by atoms with Gasteiger partial charge in [0.1, 0.15) is 0 Å². The molecule has 0 saturated heterocycles. The number of nitrogens with one attached hydrogen (secondary N) is 1. The number of methoxy groups -OCH3 is 1. The monoisotopic (exact) mass is 351 g/mol. The van der Waals surface area contributed by atoms with E-state index in [0.29, 0.717) is 12.5 Å². The van der Waals surface area contributed by atoms with Gasteiger partial charge in [0.2, 0.25) is 0 Å². The predicted molar refractivity (Wildman–Crippen MR) is 85.7 cm³/mol. The minimum atomic E-state index is 0. The normalized spacial score (nSPS) is 10.2. The third-order valence-corrected chi connectivity index (χ3v) is 3.04. The molecule has 3 nitrogen and oxygen atoms in total. The van der Waals surface area contributed by atoms with Gasteiger partial charge in [-0.2, -0.15) is 0 Å². The summed E-state index contributed by atoms with van der Waals surface area (Å²) in [6, 6.07) is 4.09. The molecule has 0 aromatic heterocycles. The molecule has 0 aliphatic carbocycles. The molecular formula is C14H23BrClNO2. The SMILES string of the molecule is CCOc1cc(CNCC(C)C)cc(Br)c1OC.Cl. The van der Waals surface area contributed by atoms with Gasteiger partial charge < -0.3 is 14.8 Å². The second-order valence-corrected chi connectivity index (χ2v) is 5.42. The first-order valence-electron chi connectivity index (χ1n) is 6.28. The van der Waals surface area contributed by atoms with Crippen LogP contribution >= 0.6 is 28.3 Å². The molecule has 0 unspecified atom stereocenters. The number of ether oxygens (including phenoxy) is 2. The largest absolute Gasteiger partial charge is 0.492 e. The van der Waals surface area contributed by atoms with Gasteiger partial charge in [0.05, 0.1) is 18.2 Å². The van der Waals surface area contributed by atoms with Crippen LogP contribution in [0.25, 0.3) is 0 Å². The van der Waals surface area contributed by atoms with Gasteiger partial charge in [-0.15, -0.1) is 12.4 Å². The molecule has 19 heavy (non-hydrogen) atoms. The van der Waals surface area contributed by atoms with E-state index >= 15 is 0 Å². The van der Waals surface area contributed by atoms with Crippen molar-refractivity contribution in [3.05, 3.63) is 22.2 Å².